The fraction of sp³-hybridized carbons (Fsp3) is 0.528. The maximum absolute atomic E-state index is 13.9. The lowest BCUT2D eigenvalue weighted by molar-refractivity contribution is -0.172. The molecule has 7 heterocycles. The van der Waals surface area contributed by atoms with Crippen LogP contribution in [0, 0.1) is 5.92 Å². The Hall–Kier alpha value is -7.42. The fourth-order valence-corrected chi connectivity index (χ4v) is 10.2. The van der Waals surface area contributed by atoms with Crippen LogP contribution in [0.2, 0.25) is 0 Å². The molecule has 4 aromatic heterocycles. The number of ether oxygens (including phenoxy) is 4. The zero-order valence-electron chi connectivity index (χ0n) is 45.3. The van der Waals surface area contributed by atoms with E-state index in [9.17, 15) is 42.3 Å². The number of carbonyl (C=O) groups excluding carboxylic acids is 5. The molecule has 0 spiro atoms. The third kappa shape index (κ3) is 13.5. The second-order valence-electron chi connectivity index (χ2n) is 20.6. The molecule has 25 nitrogen and oxygen atoms in total. The van der Waals surface area contributed by atoms with Crippen molar-refractivity contribution in [2.24, 2.45) is 5.92 Å². The number of carbonyl (C=O) groups is 5. The Kier molecular flexibility index (Phi) is 18.4. The van der Waals surface area contributed by atoms with Gasteiger partial charge in [0.15, 0.2) is 17.1 Å². The average Bonchev–Trinajstić information content (AvgIpc) is 4.22. The highest BCUT2D eigenvalue weighted by molar-refractivity contribution is 7.90. The second-order valence-corrected chi connectivity index (χ2v) is 22.5. The van der Waals surface area contributed by atoms with Crippen LogP contribution in [0.25, 0.3) is 33.5 Å². The summed E-state index contributed by atoms with van der Waals surface area (Å²) in [5, 5.41) is 31.1. The minimum Gasteiger partial charge on any atom is -0.458 e. The highest BCUT2D eigenvalue weighted by Crippen LogP contribution is 2.43. The maximum atomic E-state index is 13.9. The van der Waals surface area contributed by atoms with Crippen molar-refractivity contribution >= 4 is 50.3 Å². The van der Waals surface area contributed by atoms with Gasteiger partial charge in [-0.25, -0.2) is 28.2 Å². The molecule has 3 aliphatic heterocycles. The van der Waals surface area contributed by atoms with Crippen molar-refractivity contribution in [1.82, 2.24) is 60.7 Å². The number of benzene rings is 1. The van der Waals surface area contributed by atoms with E-state index in [1.807, 2.05) is 25.1 Å². The van der Waals surface area contributed by atoms with Crippen LogP contribution >= 0.6 is 0 Å². The molecule has 26 heteroatoms. The Morgan fingerprint density at radius 2 is 1.67 bits per heavy atom. The topological polar surface area (TPSA) is 319 Å². The maximum Gasteiger partial charge on any atom is 0.343 e. The van der Waals surface area contributed by atoms with E-state index >= 15 is 0 Å². The minimum atomic E-state index is -3.54. The molecule has 0 aliphatic carbocycles. The first-order chi connectivity index (χ1) is 37.7. The Labute approximate surface area is 456 Å². The van der Waals surface area contributed by atoms with E-state index in [1.165, 1.54) is 12.4 Å². The lowest BCUT2D eigenvalue weighted by atomic mass is 9.86. The van der Waals surface area contributed by atoms with Gasteiger partial charge in [0.05, 0.1) is 41.8 Å². The number of esters is 1. The van der Waals surface area contributed by atoms with Gasteiger partial charge in [-0.3, -0.25) is 28.7 Å². The van der Waals surface area contributed by atoms with Gasteiger partial charge in [0.25, 0.3) is 5.56 Å². The van der Waals surface area contributed by atoms with Crippen molar-refractivity contribution in [3.63, 3.8) is 0 Å². The van der Waals surface area contributed by atoms with Crippen LogP contribution in [-0.4, -0.2) is 148 Å². The summed E-state index contributed by atoms with van der Waals surface area (Å²) < 4.78 is 49.0. The summed E-state index contributed by atoms with van der Waals surface area (Å²) in [6, 6.07) is 3.42. The summed E-state index contributed by atoms with van der Waals surface area (Å²) in [7, 11) is 0.347. The van der Waals surface area contributed by atoms with E-state index in [4.69, 9.17) is 23.9 Å². The van der Waals surface area contributed by atoms with E-state index < -0.39 is 51.2 Å². The molecule has 0 fully saturated rings. The minimum absolute atomic E-state index is 0.0154. The van der Waals surface area contributed by atoms with Gasteiger partial charge in [-0.05, 0) is 95.6 Å². The first-order valence-corrected chi connectivity index (χ1v) is 28.4. The molecular weight excluding hydrogens is 1040 g/mol. The number of rotatable bonds is 27. The fourth-order valence-electron chi connectivity index (χ4n) is 9.75. The van der Waals surface area contributed by atoms with E-state index in [1.54, 1.807) is 48.3 Å². The van der Waals surface area contributed by atoms with E-state index in [0.717, 1.165) is 35.7 Å². The molecule has 8 rings (SSSR count). The average molecular weight is 1110 g/mol. The number of nitrogens with one attached hydrogen (secondary N) is 4. The SMILES string of the molecule is CC[C@@]1(O)C(=O)OCc2c1cc1n(c2=O)Cc2c-1nc1cc3c(cc1c2CCCOCNC(=O)CNC(=O)[C@H](CCCCN(C)C)NC(=O)[C@@H](NC(=O)CCCCCn1cc(-c2cnc(S(C)(=O)=O)nc2)nn1)C(C)C)OCO3. The standard InChI is InChI=1S/C53H68N12O13S/c1-7-53(72)37-21-41-47-35(26-65(41)50(70)36(37)28-76-51(53)71)33(34-20-42-43(78-30-77-42)22-39(34)58-47)14-13-19-75-29-57-45(67)25-54-48(68)38(15-10-12-17-63(4)5)59-49(69)46(31(2)3)60-44(66)16-9-8-11-18-64-27-40(61-62-64)32-23-55-52(56-24-32)79(6,73)74/h20-24,27,31,38,46,72H,7-19,25-26,28-30H2,1-6H3,(H,54,68)(H,57,67)(H,59,69)(H,60,66)/t38-,46-,53-/m0/s1. The summed E-state index contributed by atoms with van der Waals surface area (Å²) in [5.41, 5.74) is 2.43. The summed E-state index contributed by atoms with van der Waals surface area (Å²) in [4.78, 5) is 94.9. The predicted molar refractivity (Wildman–Crippen MR) is 285 cm³/mol. The third-order valence-electron chi connectivity index (χ3n) is 14.1. The zero-order valence-corrected chi connectivity index (χ0v) is 46.1. The van der Waals surface area contributed by atoms with Crippen LogP contribution in [-0.2, 0) is 75.0 Å². The number of nitrogens with zero attached hydrogens (tertiary/aromatic N) is 8. The summed E-state index contributed by atoms with van der Waals surface area (Å²) >= 11 is 0. The highest BCUT2D eigenvalue weighted by Gasteiger charge is 2.45. The van der Waals surface area contributed by atoms with Crippen molar-refractivity contribution in [2.45, 2.75) is 128 Å². The Morgan fingerprint density at radius 3 is 2.39 bits per heavy atom. The van der Waals surface area contributed by atoms with Crippen LogP contribution in [0.15, 0.2) is 46.7 Å². The Bertz CT molecular complexity index is 3270. The van der Waals surface area contributed by atoms with Gasteiger partial charge in [0.2, 0.25) is 45.4 Å². The number of aryl methyl sites for hydroxylation is 2. The van der Waals surface area contributed by atoms with Gasteiger partial charge in [-0.1, -0.05) is 32.4 Å². The van der Waals surface area contributed by atoms with Gasteiger partial charge in [-0.15, -0.1) is 5.10 Å². The first-order valence-electron chi connectivity index (χ1n) is 26.5. The number of hydrogen-bond acceptors (Lipinski definition) is 19. The molecule has 0 radical (unpaired) electrons. The second kappa shape index (κ2) is 25.1. The summed E-state index contributed by atoms with van der Waals surface area (Å²) in [6.45, 7) is 6.25. The van der Waals surface area contributed by atoms with Crippen molar-refractivity contribution in [2.75, 3.05) is 53.6 Å². The number of aliphatic hydroxyl groups is 1. The van der Waals surface area contributed by atoms with Crippen molar-refractivity contribution in [3.05, 3.63) is 69.4 Å². The quantitative estimate of drug-likeness (QED) is 0.0213. The van der Waals surface area contributed by atoms with Crippen LogP contribution in [0.3, 0.4) is 0 Å². The number of aromatic nitrogens is 7. The lowest BCUT2D eigenvalue weighted by Crippen LogP contribution is -2.56. The number of cyclic esters (lactones) is 1. The number of hydrogen-bond donors (Lipinski definition) is 5. The van der Waals surface area contributed by atoms with Crippen molar-refractivity contribution in [1.29, 1.82) is 0 Å². The smallest absolute Gasteiger partial charge is 0.343 e. The molecule has 5 N–H and O–H groups in total. The van der Waals surface area contributed by atoms with E-state index in [0.29, 0.717) is 91.2 Å². The number of fused-ring (bicyclic) bond motifs is 6. The van der Waals surface area contributed by atoms with Gasteiger partial charge in [-0.2, -0.15) is 0 Å². The van der Waals surface area contributed by atoms with Crippen LogP contribution in [0.4, 0.5) is 0 Å². The Morgan fingerprint density at radius 1 is 0.911 bits per heavy atom. The van der Waals surface area contributed by atoms with Crippen LogP contribution in [0.1, 0.15) is 101 Å². The first kappa shape index (κ1) is 57.7. The van der Waals surface area contributed by atoms with Crippen LogP contribution < -0.4 is 36.3 Å². The molecule has 424 valence electrons. The molecule has 5 aromatic rings. The lowest BCUT2D eigenvalue weighted by Gasteiger charge is -2.31. The van der Waals surface area contributed by atoms with Crippen molar-refractivity contribution in [3.8, 4) is 34.1 Å². The predicted octanol–water partition coefficient (Wildman–Crippen LogP) is 2.02. The molecule has 1 aromatic carbocycles. The number of pyridine rings is 2. The molecule has 4 amide bonds. The molecule has 79 heavy (non-hydrogen) atoms. The molecule has 0 saturated carbocycles. The van der Waals surface area contributed by atoms with E-state index in [-0.39, 0.29) is 86.3 Å². The monoisotopic (exact) mass is 1110 g/mol. The van der Waals surface area contributed by atoms with Gasteiger partial charge in [0, 0.05) is 66.4 Å². The van der Waals surface area contributed by atoms with E-state index in [2.05, 4.69) is 41.5 Å². The third-order valence-corrected chi connectivity index (χ3v) is 15.0. The number of amides is 4. The Balaban J connectivity index is 0.801. The van der Waals surface area contributed by atoms with Gasteiger partial charge < -0.3 is 54.8 Å². The summed E-state index contributed by atoms with van der Waals surface area (Å²) in [6.07, 6.45) is 10.2. The normalized spacial score (nSPS) is 16.0. The summed E-state index contributed by atoms with van der Waals surface area (Å²) in [5.74, 6) is -1.91. The van der Waals surface area contributed by atoms with Gasteiger partial charge >= 0.3 is 5.97 Å². The molecular formula is C53H68N12O13S. The number of unbranched alkanes of at least 4 members (excludes halogenated alkanes) is 3. The van der Waals surface area contributed by atoms with Crippen molar-refractivity contribution < 1.29 is 56.4 Å². The molecule has 0 unspecified atom stereocenters. The zero-order chi connectivity index (χ0) is 56.6. The largest absolute Gasteiger partial charge is 0.458 e. The molecule has 3 atom stereocenters. The molecule has 3 aliphatic rings. The molecule has 0 saturated heterocycles. The highest BCUT2D eigenvalue weighted by atomic mass is 32.2. The molecule has 0 bridgehead atoms. The van der Waals surface area contributed by atoms with Crippen LogP contribution in [0.5, 0.6) is 11.5 Å². The van der Waals surface area contributed by atoms with Gasteiger partial charge in [0.1, 0.15) is 31.1 Å². The number of sulfone groups is 1.